The Morgan fingerprint density at radius 2 is 1.03 bits per heavy atom. The average Bonchev–Trinajstić information content (AvgIpc) is 2.80. The van der Waals surface area contributed by atoms with Crippen LogP contribution in [0.4, 0.5) is 0 Å². The Morgan fingerprint density at radius 3 is 1.36 bits per heavy atom. The molecule has 4 heteroatoms. The second-order valence-electron chi connectivity index (χ2n) is 11.0. The highest BCUT2D eigenvalue weighted by Crippen LogP contribution is 2.32. The van der Waals surface area contributed by atoms with Crippen LogP contribution in [-0.2, 0) is 9.47 Å². The summed E-state index contributed by atoms with van der Waals surface area (Å²) < 4.78 is 12.5. The lowest BCUT2D eigenvalue weighted by Gasteiger charge is -2.37. The Morgan fingerprint density at radius 1 is 0.667 bits per heavy atom. The van der Waals surface area contributed by atoms with Crippen molar-refractivity contribution in [1.82, 2.24) is 10.6 Å². The van der Waals surface area contributed by atoms with Crippen molar-refractivity contribution in [3.05, 3.63) is 71.8 Å². The van der Waals surface area contributed by atoms with E-state index in [9.17, 15) is 0 Å². The van der Waals surface area contributed by atoms with Gasteiger partial charge in [0.25, 0.3) is 0 Å². The van der Waals surface area contributed by atoms with E-state index < -0.39 is 0 Å². The second-order valence-corrected chi connectivity index (χ2v) is 11.0. The van der Waals surface area contributed by atoms with Gasteiger partial charge in [-0.3, -0.25) is 0 Å². The first-order chi connectivity index (χ1) is 15.8. The fraction of sp³-hybridized carbons (Fsp3) is 0.586. The number of nitrogens with one attached hydrogen (secondary N) is 2. The number of hydrogen-bond acceptors (Lipinski definition) is 4. The van der Waals surface area contributed by atoms with Crippen molar-refractivity contribution in [3.63, 3.8) is 0 Å². The highest BCUT2D eigenvalue weighted by atomic mass is 16.5. The van der Waals surface area contributed by atoms with Crippen LogP contribution < -0.4 is 10.6 Å². The summed E-state index contributed by atoms with van der Waals surface area (Å²) in [6, 6.07) is 22.3. The summed E-state index contributed by atoms with van der Waals surface area (Å²) in [4.78, 5) is 0. The van der Waals surface area contributed by atoms with Crippen LogP contribution in [0.25, 0.3) is 0 Å². The van der Waals surface area contributed by atoms with Crippen molar-refractivity contribution in [2.45, 2.75) is 65.7 Å². The largest absolute Gasteiger partial charge is 0.379 e. The number of hydrogen-bond donors (Lipinski definition) is 2. The number of rotatable bonds is 4. The maximum atomic E-state index is 6.27. The molecule has 1 fully saturated rings. The van der Waals surface area contributed by atoms with Crippen LogP contribution in [0.5, 0.6) is 0 Å². The first-order valence-corrected chi connectivity index (χ1v) is 12.5. The summed E-state index contributed by atoms with van der Waals surface area (Å²) in [7, 11) is 0. The Balaban J connectivity index is 2.05. The normalized spacial score (nSPS) is 27.5. The van der Waals surface area contributed by atoms with Gasteiger partial charge in [-0.25, -0.2) is 0 Å². The van der Waals surface area contributed by atoms with Crippen LogP contribution in [0.3, 0.4) is 0 Å². The van der Waals surface area contributed by atoms with E-state index in [-0.39, 0.29) is 29.6 Å². The molecule has 33 heavy (non-hydrogen) atoms. The number of ether oxygens (including phenoxy) is 2. The van der Waals surface area contributed by atoms with Crippen molar-refractivity contribution in [2.75, 3.05) is 26.4 Å². The lowest BCUT2D eigenvalue weighted by Crippen LogP contribution is -2.48. The monoisotopic (exact) mass is 452 g/mol. The van der Waals surface area contributed by atoms with Gasteiger partial charge in [-0.05, 0) is 23.0 Å². The van der Waals surface area contributed by atoms with E-state index in [1.807, 2.05) is 0 Å². The maximum absolute atomic E-state index is 6.27. The van der Waals surface area contributed by atoms with Crippen LogP contribution in [0.1, 0.15) is 64.8 Å². The zero-order chi connectivity index (χ0) is 23.8. The highest BCUT2D eigenvalue weighted by molar-refractivity contribution is 5.28. The minimum absolute atomic E-state index is 0.0191. The van der Waals surface area contributed by atoms with Crippen LogP contribution in [0.15, 0.2) is 60.7 Å². The molecule has 4 nitrogen and oxygen atoms in total. The zero-order valence-electron chi connectivity index (χ0n) is 21.4. The fourth-order valence-corrected chi connectivity index (χ4v) is 4.38. The van der Waals surface area contributed by atoms with Gasteiger partial charge in [0.1, 0.15) is 0 Å². The molecule has 0 unspecified atom stereocenters. The topological polar surface area (TPSA) is 42.5 Å². The molecule has 2 N–H and O–H groups in total. The van der Waals surface area contributed by atoms with Crippen LogP contribution in [0, 0.1) is 17.3 Å². The van der Waals surface area contributed by atoms with Gasteiger partial charge in [0.2, 0.25) is 0 Å². The molecule has 182 valence electrons. The Labute approximate surface area is 201 Å². The van der Waals surface area contributed by atoms with Crippen molar-refractivity contribution in [1.29, 1.82) is 0 Å². The molecular formula is C29H44N2O2. The minimum atomic E-state index is -0.0191. The van der Waals surface area contributed by atoms with E-state index in [4.69, 9.17) is 9.47 Å². The quantitative estimate of drug-likeness (QED) is 0.618. The molecule has 1 aliphatic heterocycles. The molecule has 1 saturated heterocycles. The average molecular weight is 453 g/mol. The summed E-state index contributed by atoms with van der Waals surface area (Å²) >= 11 is 0. The molecule has 3 rings (SSSR count). The van der Waals surface area contributed by atoms with E-state index in [1.54, 1.807) is 0 Å². The summed E-state index contributed by atoms with van der Waals surface area (Å²) in [5.41, 5.74) is 2.54. The SMILES string of the molecule is CC(C)[C@H]1COCC(C)(C)COC[C@H](C(C)C)N[C@H](c2ccccc2)[C@@H](c2ccccc2)N1. The molecule has 0 spiro atoms. The molecule has 1 heterocycles. The minimum Gasteiger partial charge on any atom is -0.379 e. The van der Waals surface area contributed by atoms with Crippen LogP contribution in [0.2, 0.25) is 0 Å². The smallest absolute Gasteiger partial charge is 0.0622 e. The van der Waals surface area contributed by atoms with Crippen LogP contribution in [-0.4, -0.2) is 38.5 Å². The standard InChI is InChI=1S/C29H44N2O2/c1-21(2)25-17-32-19-29(5,6)20-33-18-26(22(3)4)31-28(24-15-11-8-12-16-24)27(30-25)23-13-9-7-10-14-23/h7-16,21-22,25-28,30-31H,17-20H2,1-6H3/t25-,26-,27-,28-/m1/s1. The third kappa shape index (κ3) is 7.65. The summed E-state index contributed by atoms with van der Waals surface area (Å²) in [5, 5.41) is 8.03. The summed E-state index contributed by atoms with van der Waals surface area (Å²) in [6.45, 7) is 16.3. The van der Waals surface area contributed by atoms with Crippen molar-refractivity contribution >= 4 is 0 Å². The first kappa shape index (κ1) is 25.9. The third-order valence-corrected chi connectivity index (χ3v) is 6.63. The predicted molar refractivity (Wildman–Crippen MR) is 137 cm³/mol. The molecule has 2 aromatic carbocycles. The lowest BCUT2D eigenvalue weighted by atomic mass is 9.89. The molecule has 2 aromatic rings. The number of benzene rings is 2. The first-order valence-electron chi connectivity index (χ1n) is 12.5. The summed E-state index contributed by atoms with van der Waals surface area (Å²) in [5.74, 6) is 0.885. The molecule has 0 bridgehead atoms. The van der Waals surface area contributed by atoms with E-state index >= 15 is 0 Å². The highest BCUT2D eigenvalue weighted by Gasteiger charge is 2.32. The van der Waals surface area contributed by atoms with Gasteiger partial charge >= 0.3 is 0 Å². The van der Waals surface area contributed by atoms with Crippen molar-refractivity contribution in [2.24, 2.45) is 17.3 Å². The van der Waals surface area contributed by atoms with Gasteiger partial charge in [0.05, 0.1) is 38.5 Å². The Kier molecular flexibility index (Phi) is 9.51. The fourth-order valence-electron chi connectivity index (χ4n) is 4.38. The second kappa shape index (κ2) is 12.1. The molecule has 0 saturated carbocycles. The zero-order valence-corrected chi connectivity index (χ0v) is 21.4. The van der Waals surface area contributed by atoms with Crippen molar-refractivity contribution in [3.8, 4) is 0 Å². The summed E-state index contributed by atoms with van der Waals surface area (Å²) in [6.07, 6.45) is 0. The molecule has 0 radical (unpaired) electrons. The van der Waals surface area contributed by atoms with Gasteiger partial charge in [-0.1, -0.05) is 102 Å². The maximum Gasteiger partial charge on any atom is 0.0622 e. The van der Waals surface area contributed by atoms with Crippen LogP contribution >= 0.6 is 0 Å². The molecule has 0 aliphatic carbocycles. The lowest BCUT2D eigenvalue weighted by molar-refractivity contribution is -0.0175. The van der Waals surface area contributed by atoms with E-state index in [1.165, 1.54) is 11.1 Å². The molecule has 4 atom stereocenters. The molecule has 1 aliphatic rings. The Bertz CT molecular complexity index is 739. The van der Waals surface area contributed by atoms with E-state index in [0.29, 0.717) is 38.3 Å². The van der Waals surface area contributed by atoms with E-state index in [2.05, 4.69) is 113 Å². The Hall–Kier alpha value is -1.72. The van der Waals surface area contributed by atoms with Gasteiger partial charge in [-0.2, -0.15) is 0 Å². The van der Waals surface area contributed by atoms with Gasteiger partial charge < -0.3 is 20.1 Å². The van der Waals surface area contributed by atoms with Gasteiger partial charge in [0.15, 0.2) is 0 Å². The van der Waals surface area contributed by atoms with Crippen molar-refractivity contribution < 1.29 is 9.47 Å². The van der Waals surface area contributed by atoms with Gasteiger partial charge in [0, 0.05) is 17.5 Å². The third-order valence-electron chi connectivity index (χ3n) is 6.63. The molecular weight excluding hydrogens is 408 g/mol. The molecule has 0 amide bonds. The van der Waals surface area contributed by atoms with Gasteiger partial charge in [-0.15, -0.1) is 0 Å². The molecule has 0 aromatic heterocycles. The van der Waals surface area contributed by atoms with E-state index in [0.717, 1.165) is 0 Å². The predicted octanol–water partition coefficient (Wildman–Crippen LogP) is 5.77.